The summed E-state index contributed by atoms with van der Waals surface area (Å²) in [5.41, 5.74) is 2.81. The number of benzene rings is 3. The molecule has 0 radical (unpaired) electrons. The van der Waals surface area contributed by atoms with Gasteiger partial charge in [0.2, 0.25) is 15.9 Å². The second-order valence-electron chi connectivity index (χ2n) is 8.89. The molecule has 4 rings (SSSR count). The number of sulfonamides is 1. The first kappa shape index (κ1) is 27.4. The van der Waals surface area contributed by atoms with Crippen LogP contribution in [0.5, 0.6) is 0 Å². The molecule has 2 N–H and O–H groups in total. The molecule has 10 heteroatoms. The number of hydrogen-bond donors (Lipinski definition) is 2. The molecule has 1 amide bonds. The highest BCUT2D eigenvalue weighted by atomic mass is 32.2. The fraction of sp³-hybridized carbons (Fsp3) is 0.259. The maximum Gasteiger partial charge on any atom is 0.249 e. The zero-order chi connectivity index (χ0) is 26.5. The standard InChI is InChI=1S/C27H31N3O4S3/c1-36(2,32)28-18-17-25(23-11-7-4-8-12-23)29-26(31)27-30(19-20-35-27)37(33,34)24-15-13-22(14-16-24)21-9-5-3-6-10-21/h3-16,25,27H,1,17-20H2,2H3,(H,28,32)(H,29,31). The molecule has 0 aromatic heterocycles. The number of carbonyl (C=O) groups is 1. The monoisotopic (exact) mass is 557 g/mol. The fourth-order valence-electron chi connectivity index (χ4n) is 4.16. The lowest BCUT2D eigenvalue weighted by molar-refractivity contribution is -0.122. The smallest absolute Gasteiger partial charge is 0.249 e. The lowest BCUT2D eigenvalue weighted by Crippen LogP contribution is -2.46. The van der Waals surface area contributed by atoms with Gasteiger partial charge < -0.3 is 5.32 Å². The molecule has 196 valence electrons. The van der Waals surface area contributed by atoms with E-state index in [0.717, 1.165) is 16.7 Å². The van der Waals surface area contributed by atoms with Crippen molar-refractivity contribution in [3.05, 3.63) is 90.5 Å². The van der Waals surface area contributed by atoms with Crippen molar-refractivity contribution in [3.8, 4) is 11.1 Å². The molecule has 3 atom stereocenters. The summed E-state index contributed by atoms with van der Waals surface area (Å²) in [7, 11) is -6.26. The lowest BCUT2D eigenvalue weighted by Gasteiger charge is -2.26. The van der Waals surface area contributed by atoms with Crippen LogP contribution in [0.3, 0.4) is 0 Å². The number of carbonyl (C=O) groups excluding carboxylic acids is 1. The van der Waals surface area contributed by atoms with Crippen LogP contribution >= 0.6 is 11.8 Å². The molecule has 1 aliphatic rings. The first-order valence-corrected chi connectivity index (χ1v) is 16.5. The summed E-state index contributed by atoms with van der Waals surface area (Å²) in [5, 5.41) is 2.15. The van der Waals surface area contributed by atoms with Crippen molar-refractivity contribution in [3.63, 3.8) is 0 Å². The van der Waals surface area contributed by atoms with E-state index < -0.39 is 25.1 Å². The van der Waals surface area contributed by atoms with E-state index in [1.54, 1.807) is 24.3 Å². The Hall–Kier alpha value is -2.63. The van der Waals surface area contributed by atoms with E-state index in [1.807, 2.05) is 60.7 Å². The Labute approximate surface area is 223 Å². The average Bonchev–Trinajstić information content (AvgIpc) is 3.40. The maximum absolute atomic E-state index is 13.5. The van der Waals surface area contributed by atoms with Crippen molar-refractivity contribution >= 4 is 43.3 Å². The molecule has 0 saturated carbocycles. The highest BCUT2D eigenvalue weighted by Gasteiger charge is 2.40. The molecule has 37 heavy (non-hydrogen) atoms. The van der Waals surface area contributed by atoms with E-state index in [1.165, 1.54) is 22.3 Å². The van der Waals surface area contributed by atoms with E-state index in [2.05, 4.69) is 15.9 Å². The molecule has 0 aliphatic carbocycles. The Kier molecular flexibility index (Phi) is 8.76. The Balaban J connectivity index is 1.50. The molecule has 7 nitrogen and oxygen atoms in total. The van der Waals surface area contributed by atoms with Gasteiger partial charge in [-0.05, 0) is 41.1 Å². The summed E-state index contributed by atoms with van der Waals surface area (Å²) in [6, 6.07) is 25.6. The van der Waals surface area contributed by atoms with Crippen molar-refractivity contribution in [1.29, 1.82) is 0 Å². The minimum absolute atomic E-state index is 0.157. The minimum Gasteiger partial charge on any atom is -0.347 e. The van der Waals surface area contributed by atoms with Crippen LogP contribution < -0.4 is 10.0 Å². The lowest BCUT2D eigenvalue weighted by atomic mass is 10.0. The number of rotatable bonds is 10. The topological polar surface area (TPSA) is 95.6 Å². The predicted molar refractivity (Wildman–Crippen MR) is 153 cm³/mol. The van der Waals surface area contributed by atoms with E-state index in [0.29, 0.717) is 18.7 Å². The SMILES string of the molecule is C=S(C)(=O)NCCC(NC(=O)C1SCCN1S(=O)(=O)c1ccc(-c2ccccc2)cc1)c1ccccc1. The molecular weight excluding hydrogens is 527 g/mol. The van der Waals surface area contributed by atoms with Gasteiger partial charge in [0.1, 0.15) is 5.37 Å². The van der Waals surface area contributed by atoms with Crippen LogP contribution in [0, 0.1) is 0 Å². The normalized spacial score (nSPS) is 18.7. The van der Waals surface area contributed by atoms with Crippen LogP contribution in [0.15, 0.2) is 89.8 Å². The van der Waals surface area contributed by atoms with Crippen LogP contribution in [0.1, 0.15) is 18.0 Å². The van der Waals surface area contributed by atoms with Gasteiger partial charge in [-0.2, -0.15) is 4.31 Å². The van der Waals surface area contributed by atoms with Gasteiger partial charge in [0.15, 0.2) is 0 Å². The van der Waals surface area contributed by atoms with Gasteiger partial charge >= 0.3 is 0 Å². The van der Waals surface area contributed by atoms with Gasteiger partial charge in [0, 0.05) is 34.8 Å². The number of thioether (sulfide) groups is 1. The second kappa shape index (κ2) is 11.8. The first-order valence-electron chi connectivity index (χ1n) is 11.9. The van der Waals surface area contributed by atoms with Gasteiger partial charge in [-0.15, -0.1) is 11.8 Å². The quantitative estimate of drug-likeness (QED) is 0.372. The zero-order valence-corrected chi connectivity index (χ0v) is 23.0. The molecule has 1 fully saturated rings. The summed E-state index contributed by atoms with van der Waals surface area (Å²) in [6.07, 6.45) is 1.99. The summed E-state index contributed by atoms with van der Waals surface area (Å²) < 4.78 is 43.1. The van der Waals surface area contributed by atoms with Crippen LogP contribution in [0.25, 0.3) is 11.1 Å². The van der Waals surface area contributed by atoms with Gasteiger partial charge in [-0.3, -0.25) is 9.00 Å². The molecule has 1 saturated heterocycles. The molecule has 3 unspecified atom stereocenters. The first-order chi connectivity index (χ1) is 17.6. The molecule has 0 spiro atoms. The minimum atomic E-state index is -3.88. The van der Waals surface area contributed by atoms with Crippen LogP contribution in [0.2, 0.25) is 0 Å². The zero-order valence-electron chi connectivity index (χ0n) is 20.6. The molecular formula is C27H31N3O4S3. The van der Waals surface area contributed by atoms with Crippen molar-refractivity contribution in [2.24, 2.45) is 0 Å². The molecule has 1 aliphatic heterocycles. The van der Waals surface area contributed by atoms with Gasteiger partial charge in [-0.25, -0.2) is 13.1 Å². The highest BCUT2D eigenvalue weighted by Crippen LogP contribution is 2.32. The van der Waals surface area contributed by atoms with Gasteiger partial charge in [0.25, 0.3) is 0 Å². The number of amides is 1. The summed E-state index contributed by atoms with van der Waals surface area (Å²) in [5.74, 6) is 3.76. The third kappa shape index (κ3) is 7.03. The number of nitrogens with one attached hydrogen (secondary N) is 2. The van der Waals surface area contributed by atoms with E-state index in [-0.39, 0.29) is 23.4 Å². The molecule has 1 heterocycles. The predicted octanol–water partition coefficient (Wildman–Crippen LogP) is 3.52. The molecule has 0 bridgehead atoms. The Morgan fingerprint density at radius 2 is 1.57 bits per heavy atom. The Morgan fingerprint density at radius 3 is 2.19 bits per heavy atom. The molecule has 3 aromatic carbocycles. The third-order valence-electron chi connectivity index (χ3n) is 6.00. The third-order valence-corrected chi connectivity index (χ3v) is 10.0. The van der Waals surface area contributed by atoms with Gasteiger partial charge in [-0.1, -0.05) is 72.8 Å². The molecule has 3 aromatic rings. The summed E-state index contributed by atoms with van der Waals surface area (Å²) >= 11 is 1.31. The van der Waals surface area contributed by atoms with E-state index in [9.17, 15) is 17.4 Å². The second-order valence-corrected chi connectivity index (χ2v) is 14.3. The maximum atomic E-state index is 13.5. The van der Waals surface area contributed by atoms with E-state index >= 15 is 0 Å². The van der Waals surface area contributed by atoms with Crippen molar-refractivity contribution in [2.45, 2.75) is 22.7 Å². The van der Waals surface area contributed by atoms with Crippen molar-refractivity contribution in [1.82, 2.24) is 14.3 Å². The fourth-order valence-corrected chi connectivity index (χ4v) is 7.80. The largest absolute Gasteiger partial charge is 0.347 e. The highest BCUT2D eigenvalue weighted by molar-refractivity contribution is 8.02. The van der Waals surface area contributed by atoms with E-state index in [4.69, 9.17) is 0 Å². The van der Waals surface area contributed by atoms with Crippen LogP contribution in [-0.2, 0) is 24.5 Å². The summed E-state index contributed by atoms with van der Waals surface area (Å²) in [4.78, 5) is 13.5. The van der Waals surface area contributed by atoms with Crippen LogP contribution in [0.4, 0.5) is 0 Å². The van der Waals surface area contributed by atoms with Crippen molar-refractivity contribution < 1.29 is 17.4 Å². The van der Waals surface area contributed by atoms with Crippen LogP contribution in [-0.4, -0.2) is 59.2 Å². The Morgan fingerprint density at radius 1 is 0.973 bits per heavy atom. The van der Waals surface area contributed by atoms with Crippen molar-refractivity contribution in [2.75, 3.05) is 25.1 Å². The number of nitrogens with zero attached hydrogens (tertiary/aromatic N) is 1. The van der Waals surface area contributed by atoms with Gasteiger partial charge in [0.05, 0.1) is 10.9 Å². The average molecular weight is 558 g/mol. The Bertz CT molecular complexity index is 1410. The number of hydrogen-bond acceptors (Lipinski definition) is 5. The summed E-state index contributed by atoms with van der Waals surface area (Å²) in [6.45, 7) is 0.634.